The molecule has 4 rings (SSSR count). The average molecular weight is 401 g/mol. The molecule has 0 radical (unpaired) electrons. The van der Waals surface area contributed by atoms with Crippen molar-refractivity contribution in [3.63, 3.8) is 0 Å². The van der Waals surface area contributed by atoms with Crippen molar-refractivity contribution < 1.29 is 31.9 Å². The number of hydrogen-bond donors (Lipinski definition) is 2. The van der Waals surface area contributed by atoms with Gasteiger partial charge in [-0.1, -0.05) is 19.3 Å². The van der Waals surface area contributed by atoms with Gasteiger partial charge < -0.3 is 10.2 Å². The fourth-order valence-electron chi connectivity index (χ4n) is 2.90. The lowest BCUT2D eigenvalue weighted by molar-refractivity contribution is -0.140. The van der Waals surface area contributed by atoms with Crippen molar-refractivity contribution in [2.75, 3.05) is 0 Å². The van der Waals surface area contributed by atoms with E-state index >= 15 is 0 Å². The Hall–Kier alpha value is -2.65. The maximum atomic E-state index is 13.6. The molecule has 152 valence electrons. The van der Waals surface area contributed by atoms with E-state index in [2.05, 4.69) is 5.32 Å². The van der Waals surface area contributed by atoms with Crippen molar-refractivity contribution in [1.82, 2.24) is 15.5 Å². The molecule has 0 bridgehead atoms. The Morgan fingerprint density at radius 3 is 2.21 bits per heavy atom. The molecular formula is C18H19F4N3O3. The van der Waals surface area contributed by atoms with Crippen LogP contribution < -0.4 is 10.6 Å². The second-order valence-electron chi connectivity index (χ2n) is 6.96. The van der Waals surface area contributed by atoms with E-state index in [1.165, 1.54) is 24.2 Å². The van der Waals surface area contributed by atoms with Crippen molar-refractivity contribution in [2.45, 2.75) is 57.4 Å². The smallest absolute Gasteiger partial charge is 0.334 e. The predicted octanol–water partition coefficient (Wildman–Crippen LogP) is 2.85. The van der Waals surface area contributed by atoms with Crippen LogP contribution in [0.1, 0.15) is 48.8 Å². The highest BCUT2D eigenvalue weighted by Gasteiger charge is 2.37. The molecule has 1 unspecified atom stereocenters. The van der Waals surface area contributed by atoms with Crippen molar-refractivity contribution in [2.24, 2.45) is 0 Å². The number of halogens is 4. The van der Waals surface area contributed by atoms with Gasteiger partial charge in [-0.3, -0.25) is 14.9 Å². The van der Waals surface area contributed by atoms with Gasteiger partial charge in [-0.25, -0.2) is 9.18 Å². The molecule has 1 saturated carbocycles. The summed E-state index contributed by atoms with van der Waals surface area (Å²) in [6, 6.07) is 0.0838. The molecule has 2 aliphatic heterocycles. The summed E-state index contributed by atoms with van der Waals surface area (Å²) in [5, 5.41) is 4.39. The Morgan fingerprint density at radius 2 is 1.71 bits per heavy atom. The third-order valence-corrected chi connectivity index (χ3v) is 4.53. The van der Waals surface area contributed by atoms with Gasteiger partial charge in [-0.15, -0.1) is 0 Å². The standard InChI is InChI=1S/C15H13F4N3O3.C3H6/c16-10-4-8-6-22(5-7(8)3-9(10)15(17,18)19)12(23)2-1-11-13(24)21-14(25)20-11;1-2-3-1/h3-4,11H,1-2,5-6H2,(H2,20,21,24,25);1-3H2. The number of imide groups is 1. The van der Waals surface area contributed by atoms with Crippen molar-refractivity contribution in [1.29, 1.82) is 0 Å². The Balaban J connectivity index is 0.000000684. The number of alkyl halides is 3. The first-order chi connectivity index (χ1) is 13.1. The Morgan fingerprint density at radius 1 is 1.11 bits per heavy atom. The van der Waals surface area contributed by atoms with E-state index in [9.17, 15) is 31.9 Å². The number of fused-ring (bicyclic) bond motifs is 1. The molecule has 2 N–H and O–H groups in total. The maximum Gasteiger partial charge on any atom is 0.419 e. The lowest BCUT2D eigenvalue weighted by atomic mass is 10.1. The van der Waals surface area contributed by atoms with Crippen LogP contribution in [0.2, 0.25) is 0 Å². The van der Waals surface area contributed by atoms with Crippen LogP contribution in [0.5, 0.6) is 0 Å². The second-order valence-corrected chi connectivity index (χ2v) is 6.96. The van der Waals surface area contributed by atoms with Crippen molar-refractivity contribution in [3.8, 4) is 0 Å². The Bertz CT molecular complexity index is 805. The fraction of sp³-hybridized carbons (Fsp3) is 0.500. The van der Waals surface area contributed by atoms with Gasteiger partial charge in [0, 0.05) is 19.5 Å². The SMILES string of the molecule is C1CC1.O=C1NC(=O)C(CCC(=O)N2Cc3cc(F)c(C(F)(F)F)cc3C2)N1. The van der Waals surface area contributed by atoms with Crippen molar-refractivity contribution >= 4 is 17.8 Å². The topological polar surface area (TPSA) is 78.5 Å². The molecule has 3 aliphatic rings. The summed E-state index contributed by atoms with van der Waals surface area (Å²) in [6.45, 7) is -0.0484. The van der Waals surface area contributed by atoms with Crippen LogP contribution in [-0.2, 0) is 28.9 Å². The van der Waals surface area contributed by atoms with E-state index in [1.807, 2.05) is 5.32 Å². The summed E-state index contributed by atoms with van der Waals surface area (Å²) in [7, 11) is 0. The molecule has 6 nitrogen and oxygen atoms in total. The third kappa shape index (κ3) is 4.79. The summed E-state index contributed by atoms with van der Waals surface area (Å²) in [5.41, 5.74) is -0.786. The number of benzene rings is 1. The molecule has 1 aliphatic carbocycles. The number of hydrogen-bond acceptors (Lipinski definition) is 3. The van der Waals surface area contributed by atoms with E-state index in [1.54, 1.807) is 0 Å². The van der Waals surface area contributed by atoms with Crippen LogP contribution in [0.25, 0.3) is 0 Å². The third-order valence-electron chi connectivity index (χ3n) is 4.53. The summed E-state index contributed by atoms with van der Waals surface area (Å²) in [5.74, 6) is -2.29. The number of carbonyl (C=O) groups is 3. The van der Waals surface area contributed by atoms with Gasteiger partial charge in [-0.05, 0) is 29.7 Å². The van der Waals surface area contributed by atoms with Gasteiger partial charge in [0.1, 0.15) is 11.9 Å². The largest absolute Gasteiger partial charge is 0.419 e. The van der Waals surface area contributed by atoms with Crippen LogP contribution in [0.4, 0.5) is 22.4 Å². The maximum absolute atomic E-state index is 13.6. The van der Waals surface area contributed by atoms with E-state index in [4.69, 9.17) is 0 Å². The number of urea groups is 1. The monoisotopic (exact) mass is 401 g/mol. The van der Waals surface area contributed by atoms with Gasteiger partial charge in [0.2, 0.25) is 5.91 Å². The zero-order valence-corrected chi connectivity index (χ0v) is 14.9. The van der Waals surface area contributed by atoms with Gasteiger partial charge in [-0.2, -0.15) is 13.2 Å². The van der Waals surface area contributed by atoms with E-state index in [-0.39, 0.29) is 37.4 Å². The molecule has 2 fully saturated rings. The summed E-state index contributed by atoms with van der Waals surface area (Å²) in [4.78, 5) is 35.9. The molecule has 0 spiro atoms. The molecular weight excluding hydrogens is 382 g/mol. The summed E-state index contributed by atoms with van der Waals surface area (Å²) < 4.78 is 51.8. The van der Waals surface area contributed by atoms with E-state index < -0.39 is 35.5 Å². The normalized spacial score (nSPS) is 20.1. The molecule has 1 aromatic rings. The van der Waals surface area contributed by atoms with Crippen LogP contribution in [-0.4, -0.2) is 28.8 Å². The molecule has 10 heteroatoms. The predicted molar refractivity (Wildman–Crippen MR) is 89.2 cm³/mol. The number of nitrogens with one attached hydrogen (secondary N) is 2. The van der Waals surface area contributed by atoms with Crippen LogP contribution in [0, 0.1) is 5.82 Å². The highest BCUT2D eigenvalue weighted by Crippen LogP contribution is 2.35. The number of nitrogens with zero attached hydrogens (tertiary/aromatic N) is 1. The highest BCUT2D eigenvalue weighted by atomic mass is 19.4. The van der Waals surface area contributed by atoms with Gasteiger partial charge in [0.15, 0.2) is 0 Å². The van der Waals surface area contributed by atoms with Crippen LogP contribution >= 0.6 is 0 Å². The molecule has 2 heterocycles. The van der Waals surface area contributed by atoms with Crippen molar-refractivity contribution in [3.05, 3.63) is 34.6 Å². The second kappa shape index (κ2) is 7.76. The molecule has 28 heavy (non-hydrogen) atoms. The quantitative estimate of drug-likeness (QED) is 0.604. The first-order valence-corrected chi connectivity index (χ1v) is 8.93. The minimum absolute atomic E-state index is 0.00639. The minimum atomic E-state index is -4.80. The first-order valence-electron chi connectivity index (χ1n) is 8.93. The first kappa shape index (κ1) is 20.1. The zero-order chi connectivity index (χ0) is 20.5. The molecule has 1 aromatic carbocycles. The van der Waals surface area contributed by atoms with E-state index in [0.717, 1.165) is 12.1 Å². The Labute approximate surface area is 158 Å². The molecule has 4 amide bonds. The summed E-state index contributed by atoms with van der Waals surface area (Å²) in [6.07, 6.45) is -0.295. The molecule has 1 saturated heterocycles. The number of rotatable bonds is 3. The highest BCUT2D eigenvalue weighted by molar-refractivity contribution is 6.04. The number of amides is 4. The Kier molecular flexibility index (Phi) is 5.57. The van der Waals surface area contributed by atoms with Crippen LogP contribution in [0.15, 0.2) is 12.1 Å². The number of carbonyl (C=O) groups excluding carboxylic acids is 3. The lowest BCUT2D eigenvalue weighted by Gasteiger charge is -2.16. The summed E-state index contributed by atoms with van der Waals surface area (Å²) >= 11 is 0. The van der Waals surface area contributed by atoms with Crippen LogP contribution in [0.3, 0.4) is 0 Å². The van der Waals surface area contributed by atoms with Gasteiger partial charge >= 0.3 is 12.2 Å². The molecule has 0 aromatic heterocycles. The zero-order valence-electron chi connectivity index (χ0n) is 14.9. The average Bonchev–Trinajstić information content (AvgIpc) is 3.37. The van der Waals surface area contributed by atoms with E-state index in [0.29, 0.717) is 5.56 Å². The molecule has 1 atom stereocenters. The fourth-order valence-corrected chi connectivity index (χ4v) is 2.90. The van der Waals surface area contributed by atoms with Gasteiger partial charge in [0.25, 0.3) is 5.91 Å². The minimum Gasteiger partial charge on any atom is -0.334 e. The lowest BCUT2D eigenvalue weighted by Crippen LogP contribution is -2.32. The van der Waals surface area contributed by atoms with Gasteiger partial charge in [0.05, 0.1) is 5.56 Å².